The zero-order valence-corrected chi connectivity index (χ0v) is 24.9. The minimum Gasteiger partial charge on any atom is -0.393 e. The van der Waals surface area contributed by atoms with E-state index in [0.717, 1.165) is 37.7 Å². The van der Waals surface area contributed by atoms with E-state index in [-0.39, 0.29) is 29.6 Å². The normalized spacial score (nSPS) is 34.3. The second kappa shape index (κ2) is 12.0. The minimum atomic E-state index is -3.63. The summed E-state index contributed by atoms with van der Waals surface area (Å²) in [5.74, 6) is 0.494. The summed E-state index contributed by atoms with van der Waals surface area (Å²) in [6.45, 7) is 12.4. The molecule has 3 aliphatic carbocycles. The summed E-state index contributed by atoms with van der Waals surface area (Å²) >= 11 is 0. The molecular formula is C33H48O5S. The third kappa shape index (κ3) is 6.14. The van der Waals surface area contributed by atoms with Gasteiger partial charge in [-0.05, 0) is 97.3 Å². The molecule has 0 radical (unpaired) electrons. The van der Waals surface area contributed by atoms with Crippen LogP contribution < -0.4 is 0 Å². The Labute approximate surface area is 235 Å². The first-order valence-electron chi connectivity index (χ1n) is 14.8. The first-order chi connectivity index (χ1) is 18.4. The second-order valence-electron chi connectivity index (χ2n) is 13.0. The minimum absolute atomic E-state index is 0.0126. The number of fused-ring (bicyclic) bond motifs is 1. The van der Waals surface area contributed by atoms with Crippen LogP contribution in [-0.2, 0) is 9.84 Å². The lowest BCUT2D eigenvalue weighted by Crippen LogP contribution is -2.43. The van der Waals surface area contributed by atoms with Crippen molar-refractivity contribution in [1.29, 1.82) is 0 Å². The van der Waals surface area contributed by atoms with Gasteiger partial charge in [0.05, 0.1) is 28.5 Å². The van der Waals surface area contributed by atoms with Crippen molar-refractivity contribution in [2.75, 3.05) is 0 Å². The van der Waals surface area contributed by atoms with Crippen molar-refractivity contribution in [1.82, 2.24) is 0 Å². The largest absolute Gasteiger partial charge is 0.393 e. The number of sulfone groups is 1. The van der Waals surface area contributed by atoms with Crippen molar-refractivity contribution in [3.8, 4) is 0 Å². The highest BCUT2D eigenvalue weighted by molar-refractivity contribution is 7.92. The molecule has 6 heteroatoms. The number of hydrogen-bond donors (Lipinski definition) is 3. The Balaban J connectivity index is 1.63. The van der Waals surface area contributed by atoms with Crippen molar-refractivity contribution in [2.24, 2.45) is 29.1 Å². The molecule has 0 spiro atoms. The first-order valence-corrected chi connectivity index (χ1v) is 16.3. The SMILES string of the molecule is C=C1C(=CC=C2CCC[C@]3(C)[C@@H]([C@H](C)C(CC(O)C(C)C)S(=O)(=O)c4ccccc4)CC[C@@H]23)C[C@@H](O)C[C@@H]1O. The topological polar surface area (TPSA) is 94.8 Å². The van der Waals surface area contributed by atoms with Crippen molar-refractivity contribution >= 4 is 9.84 Å². The maximum atomic E-state index is 14.0. The molecule has 0 bridgehead atoms. The van der Waals surface area contributed by atoms with Crippen molar-refractivity contribution < 1.29 is 23.7 Å². The summed E-state index contributed by atoms with van der Waals surface area (Å²) in [6, 6.07) is 8.73. The van der Waals surface area contributed by atoms with E-state index < -0.39 is 33.4 Å². The van der Waals surface area contributed by atoms with E-state index in [1.54, 1.807) is 24.3 Å². The van der Waals surface area contributed by atoms with Gasteiger partial charge in [0, 0.05) is 6.42 Å². The van der Waals surface area contributed by atoms with Gasteiger partial charge in [-0.15, -0.1) is 0 Å². The number of hydrogen-bond acceptors (Lipinski definition) is 5. The molecule has 216 valence electrons. The van der Waals surface area contributed by atoms with Crippen LogP contribution in [0.1, 0.15) is 79.1 Å². The fourth-order valence-electron chi connectivity index (χ4n) is 7.79. The van der Waals surface area contributed by atoms with E-state index in [2.05, 4.69) is 26.5 Å². The van der Waals surface area contributed by atoms with Gasteiger partial charge in [-0.25, -0.2) is 8.42 Å². The molecular weight excluding hydrogens is 508 g/mol. The smallest absolute Gasteiger partial charge is 0.181 e. The number of allylic oxidation sites excluding steroid dienone is 3. The van der Waals surface area contributed by atoms with Gasteiger partial charge in [0.25, 0.3) is 0 Å². The van der Waals surface area contributed by atoms with Crippen LogP contribution in [-0.4, -0.2) is 47.3 Å². The standard InChI is InChI=1S/C33H48O5S/c1-21(2)30(35)20-32(39(37,38)27-11-7-6-8-12-27)23(4)28-15-16-29-24(10-9-17-33(28,29)5)13-14-25-18-26(34)19-31(36)22(25)3/h6-8,11-14,21,23,26,28-32,34-36H,3,9-10,15-20H2,1-2,4-5H3/t23-,26+,28+,29-,30?,31-,32?,33+/m0/s1. The molecule has 3 N–H and O–H groups in total. The van der Waals surface area contributed by atoms with Gasteiger partial charge in [0.2, 0.25) is 0 Å². The van der Waals surface area contributed by atoms with Gasteiger partial charge in [-0.2, -0.15) is 0 Å². The summed E-state index contributed by atoms with van der Waals surface area (Å²) in [4.78, 5) is 0.338. The summed E-state index contributed by atoms with van der Waals surface area (Å²) in [5.41, 5.74) is 2.99. The molecule has 1 aromatic rings. The monoisotopic (exact) mass is 556 g/mol. The maximum absolute atomic E-state index is 14.0. The summed E-state index contributed by atoms with van der Waals surface area (Å²) < 4.78 is 28.0. The van der Waals surface area contributed by atoms with Crippen LogP contribution in [0, 0.1) is 29.1 Å². The fraction of sp³-hybridized carbons (Fsp3) is 0.636. The highest BCUT2D eigenvalue weighted by atomic mass is 32.2. The van der Waals surface area contributed by atoms with Gasteiger partial charge in [-0.1, -0.05) is 70.2 Å². The van der Waals surface area contributed by atoms with Crippen LogP contribution in [0.2, 0.25) is 0 Å². The molecule has 8 atom stereocenters. The van der Waals surface area contributed by atoms with E-state index in [1.165, 1.54) is 5.57 Å². The van der Waals surface area contributed by atoms with Gasteiger partial charge < -0.3 is 15.3 Å². The van der Waals surface area contributed by atoms with E-state index >= 15 is 0 Å². The van der Waals surface area contributed by atoms with E-state index in [0.29, 0.717) is 29.2 Å². The molecule has 0 saturated heterocycles. The molecule has 5 nitrogen and oxygen atoms in total. The molecule has 4 rings (SSSR count). The predicted octanol–water partition coefficient (Wildman–Crippen LogP) is 6.01. The fourth-order valence-corrected chi connectivity index (χ4v) is 9.88. The van der Waals surface area contributed by atoms with Crippen molar-refractivity contribution in [2.45, 2.75) is 108 Å². The average molecular weight is 557 g/mol. The van der Waals surface area contributed by atoms with Gasteiger partial charge in [0.15, 0.2) is 9.84 Å². The summed E-state index contributed by atoms with van der Waals surface area (Å²) in [7, 11) is -3.63. The van der Waals surface area contributed by atoms with E-state index in [4.69, 9.17) is 0 Å². The number of rotatable bonds is 8. The highest BCUT2D eigenvalue weighted by Crippen LogP contribution is 2.60. The highest BCUT2D eigenvalue weighted by Gasteiger charge is 2.53. The second-order valence-corrected chi connectivity index (χ2v) is 15.1. The molecule has 3 saturated carbocycles. The van der Waals surface area contributed by atoms with Crippen LogP contribution >= 0.6 is 0 Å². The first kappa shape index (κ1) is 30.2. The molecule has 0 aromatic heterocycles. The third-order valence-electron chi connectivity index (χ3n) is 10.2. The zero-order valence-electron chi connectivity index (χ0n) is 24.1. The van der Waals surface area contributed by atoms with Crippen LogP contribution in [0.5, 0.6) is 0 Å². The maximum Gasteiger partial charge on any atom is 0.181 e. The summed E-state index contributed by atoms with van der Waals surface area (Å²) in [6.07, 6.45) is 8.55. The lowest BCUT2D eigenvalue weighted by molar-refractivity contribution is 0.0734. The Hall–Kier alpha value is -1.73. The molecule has 3 aliphatic rings. The third-order valence-corrected chi connectivity index (χ3v) is 12.6. The Bertz CT molecular complexity index is 1180. The molecule has 0 aliphatic heterocycles. The van der Waals surface area contributed by atoms with Crippen LogP contribution in [0.4, 0.5) is 0 Å². The number of benzene rings is 1. The Morgan fingerprint density at radius 1 is 1.10 bits per heavy atom. The average Bonchev–Trinajstić information content (AvgIpc) is 3.25. The Morgan fingerprint density at radius 3 is 2.46 bits per heavy atom. The number of aliphatic hydroxyl groups excluding tert-OH is 3. The van der Waals surface area contributed by atoms with Crippen molar-refractivity contribution in [3.05, 3.63) is 65.8 Å². The molecule has 0 amide bonds. The Kier molecular flexibility index (Phi) is 9.32. The van der Waals surface area contributed by atoms with Crippen LogP contribution in [0.3, 0.4) is 0 Å². The van der Waals surface area contributed by atoms with Gasteiger partial charge >= 0.3 is 0 Å². The molecule has 39 heavy (non-hydrogen) atoms. The van der Waals surface area contributed by atoms with Crippen LogP contribution in [0.15, 0.2) is 70.7 Å². The molecule has 2 unspecified atom stereocenters. The van der Waals surface area contributed by atoms with E-state index in [9.17, 15) is 23.7 Å². The zero-order chi connectivity index (χ0) is 28.5. The number of aliphatic hydroxyl groups is 3. The molecule has 0 heterocycles. The van der Waals surface area contributed by atoms with Gasteiger partial charge in [-0.3, -0.25) is 0 Å². The molecule has 3 fully saturated rings. The molecule has 1 aromatic carbocycles. The Morgan fingerprint density at radius 2 is 1.79 bits per heavy atom. The lowest BCUT2D eigenvalue weighted by atomic mass is 9.60. The van der Waals surface area contributed by atoms with Crippen LogP contribution in [0.25, 0.3) is 0 Å². The predicted molar refractivity (Wildman–Crippen MR) is 157 cm³/mol. The lowest BCUT2D eigenvalue weighted by Gasteiger charge is -2.46. The van der Waals surface area contributed by atoms with Gasteiger partial charge in [0.1, 0.15) is 0 Å². The summed E-state index contributed by atoms with van der Waals surface area (Å²) in [5, 5.41) is 30.6. The van der Waals surface area contributed by atoms with E-state index in [1.807, 2.05) is 26.0 Å². The quantitative estimate of drug-likeness (QED) is 0.364. The van der Waals surface area contributed by atoms with Crippen molar-refractivity contribution in [3.63, 3.8) is 0 Å².